The van der Waals surface area contributed by atoms with Crippen molar-refractivity contribution in [2.75, 3.05) is 42.2 Å². The minimum absolute atomic E-state index is 0.263. The number of nitrogens with one attached hydrogen (secondary N) is 1. The van der Waals surface area contributed by atoms with E-state index in [9.17, 15) is 13.2 Å². The molecule has 31 heavy (non-hydrogen) atoms. The standard InChI is InChI=1S/C22H28ClN3O4S/c1-16(17-6-8-18(9-7-17)25-12-4-5-13-25)24-22(27)15-26(31(3,28)29)19-10-11-21(30-2)20(23)14-19/h6-11,14,16H,4-5,12-13,15H2,1-3H3,(H,24,27). The molecule has 2 aromatic rings. The summed E-state index contributed by atoms with van der Waals surface area (Å²) in [7, 11) is -2.22. The maximum atomic E-state index is 12.7. The largest absolute Gasteiger partial charge is 0.495 e. The first-order valence-corrected chi connectivity index (χ1v) is 12.4. The molecule has 0 aromatic heterocycles. The number of ether oxygens (including phenoxy) is 1. The van der Waals surface area contributed by atoms with Crippen LogP contribution in [-0.4, -0.2) is 47.3 Å². The maximum absolute atomic E-state index is 12.7. The van der Waals surface area contributed by atoms with E-state index in [0.717, 1.165) is 29.2 Å². The summed E-state index contributed by atoms with van der Waals surface area (Å²) in [5.74, 6) is 0.0165. The first kappa shape index (κ1) is 23.2. The number of hydrogen-bond donors (Lipinski definition) is 1. The summed E-state index contributed by atoms with van der Waals surface area (Å²) in [5.41, 5.74) is 2.43. The Kier molecular flexibility index (Phi) is 7.33. The number of amides is 1. The molecule has 0 saturated carbocycles. The molecular formula is C22H28ClN3O4S. The van der Waals surface area contributed by atoms with Gasteiger partial charge in [0, 0.05) is 18.8 Å². The lowest BCUT2D eigenvalue weighted by molar-refractivity contribution is -0.120. The number of rotatable bonds is 8. The SMILES string of the molecule is COc1ccc(N(CC(=O)NC(C)c2ccc(N3CCCC3)cc2)S(C)(=O)=O)cc1Cl. The highest BCUT2D eigenvalue weighted by Crippen LogP contribution is 2.30. The molecule has 1 heterocycles. The quantitative estimate of drug-likeness (QED) is 0.644. The first-order chi connectivity index (χ1) is 14.7. The van der Waals surface area contributed by atoms with E-state index >= 15 is 0 Å². The van der Waals surface area contributed by atoms with Gasteiger partial charge in [-0.05, 0) is 55.7 Å². The van der Waals surface area contributed by atoms with Gasteiger partial charge in [0.1, 0.15) is 12.3 Å². The first-order valence-electron chi connectivity index (χ1n) is 10.1. The second-order valence-electron chi connectivity index (χ2n) is 7.66. The third kappa shape index (κ3) is 5.83. The molecule has 0 bridgehead atoms. The van der Waals surface area contributed by atoms with E-state index in [2.05, 4.69) is 22.3 Å². The van der Waals surface area contributed by atoms with Crippen LogP contribution in [-0.2, 0) is 14.8 Å². The number of anilines is 2. The Bertz CT molecular complexity index is 1020. The highest BCUT2D eigenvalue weighted by Gasteiger charge is 2.23. The van der Waals surface area contributed by atoms with Crippen LogP contribution >= 0.6 is 11.6 Å². The average Bonchev–Trinajstić information content (AvgIpc) is 3.26. The number of nitrogens with zero attached hydrogens (tertiary/aromatic N) is 2. The van der Waals surface area contributed by atoms with E-state index in [4.69, 9.17) is 16.3 Å². The zero-order valence-corrected chi connectivity index (χ0v) is 19.5. The normalized spacial score (nSPS) is 14.9. The molecule has 3 rings (SSSR count). The number of sulfonamides is 1. The highest BCUT2D eigenvalue weighted by molar-refractivity contribution is 7.92. The van der Waals surface area contributed by atoms with Crippen LogP contribution in [0.5, 0.6) is 5.75 Å². The highest BCUT2D eigenvalue weighted by atomic mass is 35.5. The van der Waals surface area contributed by atoms with E-state index in [1.807, 2.05) is 19.1 Å². The van der Waals surface area contributed by atoms with E-state index in [1.165, 1.54) is 31.7 Å². The topological polar surface area (TPSA) is 79.0 Å². The summed E-state index contributed by atoms with van der Waals surface area (Å²) in [4.78, 5) is 15.0. The van der Waals surface area contributed by atoms with Gasteiger partial charge in [0.2, 0.25) is 15.9 Å². The van der Waals surface area contributed by atoms with Crippen molar-refractivity contribution >= 4 is 38.9 Å². The summed E-state index contributed by atoms with van der Waals surface area (Å²) in [6, 6.07) is 12.4. The van der Waals surface area contributed by atoms with Crippen molar-refractivity contribution in [3.05, 3.63) is 53.1 Å². The summed E-state index contributed by atoms with van der Waals surface area (Å²) < 4.78 is 30.8. The van der Waals surface area contributed by atoms with Crippen LogP contribution in [0.15, 0.2) is 42.5 Å². The Morgan fingerprint density at radius 2 is 1.84 bits per heavy atom. The van der Waals surface area contributed by atoms with Crippen LogP contribution < -0.4 is 19.3 Å². The van der Waals surface area contributed by atoms with Crippen molar-refractivity contribution in [1.82, 2.24) is 5.32 Å². The van der Waals surface area contributed by atoms with Gasteiger partial charge in [-0.1, -0.05) is 23.7 Å². The fourth-order valence-electron chi connectivity index (χ4n) is 3.66. The van der Waals surface area contributed by atoms with E-state index in [0.29, 0.717) is 11.4 Å². The van der Waals surface area contributed by atoms with Crippen molar-refractivity contribution < 1.29 is 17.9 Å². The smallest absolute Gasteiger partial charge is 0.241 e. The molecule has 1 amide bonds. The minimum Gasteiger partial charge on any atom is -0.495 e. The fourth-order valence-corrected chi connectivity index (χ4v) is 4.76. The third-order valence-corrected chi connectivity index (χ3v) is 6.79. The second kappa shape index (κ2) is 9.78. The predicted molar refractivity (Wildman–Crippen MR) is 125 cm³/mol. The fraction of sp³-hybridized carbons (Fsp3) is 0.409. The zero-order chi connectivity index (χ0) is 22.6. The van der Waals surface area contributed by atoms with Gasteiger partial charge in [-0.3, -0.25) is 9.10 Å². The average molecular weight is 466 g/mol. The predicted octanol–water partition coefficient (Wildman–Crippen LogP) is 3.59. The number of carbonyl (C=O) groups is 1. The van der Waals surface area contributed by atoms with Crippen molar-refractivity contribution in [2.45, 2.75) is 25.8 Å². The molecule has 1 aliphatic heterocycles. The van der Waals surface area contributed by atoms with Gasteiger partial charge in [-0.25, -0.2) is 8.42 Å². The molecule has 2 aromatic carbocycles. The molecule has 0 radical (unpaired) electrons. The lowest BCUT2D eigenvalue weighted by Gasteiger charge is -2.24. The maximum Gasteiger partial charge on any atom is 0.241 e. The van der Waals surface area contributed by atoms with Crippen LogP contribution in [0.4, 0.5) is 11.4 Å². The molecule has 1 fully saturated rings. The Morgan fingerprint density at radius 3 is 2.39 bits per heavy atom. The lowest BCUT2D eigenvalue weighted by Crippen LogP contribution is -2.41. The van der Waals surface area contributed by atoms with E-state index in [-0.39, 0.29) is 17.6 Å². The van der Waals surface area contributed by atoms with Gasteiger partial charge in [0.15, 0.2) is 0 Å². The lowest BCUT2D eigenvalue weighted by atomic mass is 10.1. The number of methoxy groups -OCH3 is 1. The molecule has 9 heteroatoms. The molecule has 1 saturated heterocycles. The Labute approximate surface area is 189 Å². The van der Waals surface area contributed by atoms with Gasteiger partial charge in [-0.15, -0.1) is 0 Å². The van der Waals surface area contributed by atoms with Gasteiger partial charge >= 0.3 is 0 Å². The van der Waals surface area contributed by atoms with Gasteiger partial charge in [0.25, 0.3) is 0 Å². The summed E-state index contributed by atoms with van der Waals surface area (Å²) >= 11 is 6.13. The molecule has 1 N–H and O–H groups in total. The van der Waals surface area contributed by atoms with Crippen molar-refractivity contribution in [3.63, 3.8) is 0 Å². The molecule has 0 aliphatic carbocycles. The van der Waals surface area contributed by atoms with Crippen molar-refractivity contribution in [3.8, 4) is 5.75 Å². The number of benzene rings is 2. The molecule has 7 nitrogen and oxygen atoms in total. The molecule has 168 valence electrons. The van der Waals surface area contributed by atoms with Gasteiger partial charge < -0.3 is 15.0 Å². The molecule has 1 aliphatic rings. The summed E-state index contributed by atoms with van der Waals surface area (Å²) in [6.07, 6.45) is 3.48. The molecule has 0 spiro atoms. The van der Waals surface area contributed by atoms with Crippen LogP contribution in [0.1, 0.15) is 31.4 Å². The number of halogens is 1. The van der Waals surface area contributed by atoms with Crippen LogP contribution in [0.2, 0.25) is 5.02 Å². The van der Waals surface area contributed by atoms with Gasteiger partial charge in [0.05, 0.1) is 30.1 Å². The molecule has 1 atom stereocenters. The zero-order valence-electron chi connectivity index (χ0n) is 18.0. The van der Waals surface area contributed by atoms with Gasteiger partial charge in [-0.2, -0.15) is 0 Å². The number of carbonyl (C=O) groups excluding carboxylic acids is 1. The van der Waals surface area contributed by atoms with Crippen molar-refractivity contribution in [2.24, 2.45) is 0 Å². The Morgan fingerprint density at radius 1 is 1.19 bits per heavy atom. The summed E-state index contributed by atoms with van der Waals surface area (Å²) in [6.45, 7) is 3.67. The minimum atomic E-state index is -3.70. The van der Waals surface area contributed by atoms with Crippen LogP contribution in [0.3, 0.4) is 0 Å². The molecule has 1 unspecified atom stereocenters. The molecular weight excluding hydrogens is 438 g/mol. The monoisotopic (exact) mass is 465 g/mol. The van der Waals surface area contributed by atoms with E-state index in [1.54, 1.807) is 12.1 Å². The number of hydrogen-bond acceptors (Lipinski definition) is 5. The second-order valence-corrected chi connectivity index (χ2v) is 9.98. The summed E-state index contributed by atoms with van der Waals surface area (Å²) in [5, 5.41) is 3.14. The Balaban J connectivity index is 1.68. The Hall–Kier alpha value is -2.45. The van der Waals surface area contributed by atoms with Crippen LogP contribution in [0.25, 0.3) is 0 Å². The third-order valence-electron chi connectivity index (χ3n) is 5.35. The van der Waals surface area contributed by atoms with Crippen molar-refractivity contribution in [1.29, 1.82) is 0 Å². The van der Waals surface area contributed by atoms with Crippen LogP contribution in [0, 0.1) is 0 Å². The van der Waals surface area contributed by atoms with E-state index < -0.39 is 15.9 Å².